The third-order valence-electron chi connectivity index (χ3n) is 3.21. The number of esters is 1. The second-order valence-electron chi connectivity index (χ2n) is 4.15. The smallest absolute Gasteiger partial charge is 0.326 e. The molecule has 0 amide bonds. The van der Waals surface area contributed by atoms with Crippen molar-refractivity contribution in [3.63, 3.8) is 0 Å². The van der Waals surface area contributed by atoms with Crippen molar-refractivity contribution in [3.05, 3.63) is 0 Å². The van der Waals surface area contributed by atoms with Crippen molar-refractivity contribution in [3.8, 4) is 0 Å². The monoisotopic (exact) mass is 276 g/mol. The lowest BCUT2D eigenvalue weighted by Gasteiger charge is -2.36. The van der Waals surface area contributed by atoms with E-state index < -0.39 is 0 Å². The van der Waals surface area contributed by atoms with Gasteiger partial charge in [0.25, 0.3) is 0 Å². The molecule has 0 radical (unpaired) electrons. The maximum absolute atomic E-state index is 11.8. The summed E-state index contributed by atoms with van der Waals surface area (Å²) in [4.78, 5) is 14.1. The van der Waals surface area contributed by atoms with Crippen molar-refractivity contribution >= 4 is 22.1 Å². The molecular formula is C10H17BrN2O2. The molecule has 15 heavy (non-hydrogen) atoms. The number of hydrogen-bond donors (Lipinski definition) is 0. The summed E-state index contributed by atoms with van der Waals surface area (Å²) < 4.78 is 7.26. The topological polar surface area (TPSA) is 32.8 Å². The lowest BCUT2D eigenvalue weighted by molar-refractivity contribution is -0.152. The highest BCUT2D eigenvalue weighted by Gasteiger charge is 2.56. The molecule has 1 aliphatic heterocycles. The molecule has 2 fully saturated rings. The first kappa shape index (κ1) is 11.4. The molecule has 0 aromatic heterocycles. The molecule has 0 aromatic carbocycles. The Morgan fingerprint density at radius 3 is 2.40 bits per heavy atom. The third kappa shape index (κ3) is 2.19. The van der Waals surface area contributed by atoms with Crippen LogP contribution in [0.15, 0.2) is 0 Å². The Morgan fingerprint density at radius 2 is 1.93 bits per heavy atom. The number of nitrogens with zero attached hydrogens (tertiary/aromatic N) is 2. The average Bonchev–Trinajstić information content (AvgIpc) is 3.00. The zero-order chi connectivity index (χ0) is 10.9. The van der Waals surface area contributed by atoms with Crippen molar-refractivity contribution in [2.24, 2.45) is 0 Å². The van der Waals surface area contributed by atoms with Crippen LogP contribution in [0.25, 0.3) is 0 Å². The summed E-state index contributed by atoms with van der Waals surface area (Å²) in [6, 6.07) is 0. The highest BCUT2D eigenvalue weighted by Crippen LogP contribution is 2.43. The van der Waals surface area contributed by atoms with Gasteiger partial charge >= 0.3 is 5.97 Å². The minimum atomic E-state index is -0.260. The summed E-state index contributed by atoms with van der Waals surface area (Å²) in [5.41, 5.74) is -0.260. The van der Waals surface area contributed by atoms with Gasteiger partial charge in [0.05, 0.1) is 6.61 Å². The Labute approximate surface area is 98.9 Å². The van der Waals surface area contributed by atoms with Crippen LogP contribution in [0.2, 0.25) is 0 Å². The van der Waals surface area contributed by atoms with Gasteiger partial charge in [-0.15, -0.1) is 0 Å². The molecule has 2 rings (SSSR count). The quantitative estimate of drug-likeness (QED) is 0.569. The maximum Gasteiger partial charge on any atom is 0.326 e. The first-order valence-electron chi connectivity index (χ1n) is 5.52. The molecule has 1 aliphatic carbocycles. The molecule has 1 saturated carbocycles. The number of rotatable bonds is 3. The van der Waals surface area contributed by atoms with E-state index in [9.17, 15) is 4.79 Å². The van der Waals surface area contributed by atoms with E-state index in [-0.39, 0.29) is 11.5 Å². The van der Waals surface area contributed by atoms with E-state index in [0.29, 0.717) is 6.61 Å². The van der Waals surface area contributed by atoms with Gasteiger partial charge in [-0.1, -0.05) is 0 Å². The molecular weight excluding hydrogens is 260 g/mol. The summed E-state index contributed by atoms with van der Waals surface area (Å²) in [6.07, 6.45) is 1.93. The molecule has 0 aromatic rings. The minimum Gasteiger partial charge on any atom is -0.465 e. The summed E-state index contributed by atoms with van der Waals surface area (Å²) in [5.74, 6) is -0.0203. The third-order valence-corrected chi connectivity index (χ3v) is 3.92. The number of halogens is 1. The Balaban J connectivity index is 1.94. The minimum absolute atomic E-state index is 0.0203. The summed E-state index contributed by atoms with van der Waals surface area (Å²) in [7, 11) is 0. The Morgan fingerprint density at radius 1 is 1.33 bits per heavy atom. The number of carbonyl (C=O) groups is 1. The molecule has 0 spiro atoms. The molecule has 0 bridgehead atoms. The van der Waals surface area contributed by atoms with Crippen LogP contribution in [0, 0.1) is 0 Å². The van der Waals surface area contributed by atoms with Gasteiger partial charge in [-0.2, -0.15) is 0 Å². The first-order valence-corrected chi connectivity index (χ1v) is 6.23. The zero-order valence-corrected chi connectivity index (χ0v) is 10.6. The van der Waals surface area contributed by atoms with Gasteiger partial charge in [-0.05, 0) is 19.8 Å². The molecule has 2 aliphatic rings. The van der Waals surface area contributed by atoms with E-state index >= 15 is 0 Å². The lowest BCUT2D eigenvalue weighted by Crippen LogP contribution is -2.52. The Bertz CT molecular complexity index is 248. The van der Waals surface area contributed by atoms with Crippen LogP contribution in [-0.4, -0.2) is 53.1 Å². The first-order chi connectivity index (χ1) is 7.19. The number of hydrogen-bond acceptors (Lipinski definition) is 4. The van der Waals surface area contributed by atoms with Crippen molar-refractivity contribution < 1.29 is 9.53 Å². The zero-order valence-electron chi connectivity index (χ0n) is 9.04. The highest BCUT2D eigenvalue weighted by molar-refractivity contribution is 9.07. The van der Waals surface area contributed by atoms with Crippen molar-refractivity contribution in [1.82, 2.24) is 8.83 Å². The van der Waals surface area contributed by atoms with Crippen molar-refractivity contribution in [2.45, 2.75) is 25.3 Å². The van der Waals surface area contributed by atoms with Gasteiger partial charge < -0.3 is 4.74 Å². The second-order valence-corrected chi connectivity index (χ2v) is 5.15. The fourth-order valence-electron chi connectivity index (χ4n) is 2.14. The van der Waals surface area contributed by atoms with E-state index in [2.05, 4.69) is 25.0 Å². The maximum atomic E-state index is 11.8. The van der Waals surface area contributed by atoms with Crippen molar-refractivity contribution in [1.29, 1.82) is 0 Å². The van der Waals surface area contributed by atoms with E-state index in [0.717, 1.165) is 39.0 Å². The number of ether oxygens (including phenoxy) is 1. The van der Waals surface area contributed by atoms with Gasteiger partial charge in [0, 0.05) is 42.3 Å². The lowest BCUT2D eigenvalue weighted by atomic mass is 10.2. The van der Waals surface area contributed by atoms with E-state index in [1.807, 2.05) is 6.92 Å². The molecule has 0 N–H and O–H groups in total. The van der Waals surface area contributed by atoms with Crippen LogP contribution in [0.4, 0.5) is 0 Å². The summed E-state index contributed by atoms with van der Waals surface area (Å²) in [6.45, 7) is 6.19. The van der Waals surface area contributed by atoms with E-state index in [1.165, 1.54) is 0 Å². The molecule has 5 heteroatoms. The molecule has 4 nitrogen and oxygen atoms in total. The standard InChI is InChI=1S/C10H17BrN2O2/c1-2-15-9(14)10(3-4-10)12-5-7-13(11)8-6-12/h2-8H2,1H3. The number of carbonyl (C=O) groups excluding carboxylic acids is 1. The van der Waals surface area contributed by atoms with Gasteiger partial charge in [-0.25, -0.2) is 3.93 Å². The second kappa shape index (κ2) is 4.39. The molecule has 1 saturated heterocycles. The Kier molecular flexibility index (Phi) is 3.33. The SMILES string of the molecule is CCOC(=O)C1(N2CCN(Br)CC2)CC1. The van der Waals surface area contributed by atoms with Gasteiger partial charge in [-0.3, -0.25) is 9.69 Å². The van der Waals surface area contributed by atoms with Crippen LogP contribution in [0.5, 0.6) is 0 Å². The fraction of sp³-hybridized carbons (Fsp3) is 0.900. The predicted octanol–water partition coefficient (Wildman–Crippen LogP) is 1.01. The van der Waals surface area contributed by atoms with Crippen molar-refractivity contribution in [2.75, 3.05) is 32.8 Å². The fourth-order valence-corrected chi connectivity index (χ4v) is 2.46. The molecule has 0 unspecified atom stereocenters. The van der Waals surface area contributed by atoms with Gasteiger partial charge in [0.1, 0.15) is 5.54 Å². The van der Waals surface area contributed by atoms with Crippen LogP contribution >= 0.6 is 16.1 Å². The van der Waals surface area contributed by atoms with Crippen LogP contribution in [-0.2, 0) is 9.53 Å². The normalized spacial score (nSPS) is 26.3. The van der Waals surface area contributed by atoms with E-state index in [4.69, 9.17) is 4.74 Å². The molecule has 0 atom stereocenters. The van der Waals surface area contributed by atoms with Gasteiger partial charge in [0.2, 0.25) is 0 Å². The number of piperazine rings is 1. The Hall–Kier alpha value is -0.130. The van der Waals surface area contributed by atoms with Crippen LogP contribution in [0.3, 0.4) is 0 Å². The van der Waals surface area contributed by atoms with E-state index in [1.54, 1.807) is 0 Å². The summed E-state index contributed by atoms with van der Waals surface area (Å²) >= 11 is 3.46. The molecule has 86 valence electrons. The predicted molar refractivity (Wildman–Crippen MR) is 60.7 cm³/mol. The van der Waals surface area contributed by atoms with Crippen LogP contribution < -0.4 is 0 Å². The largest absolute Gasteiger partial charge is 0.465 e. The van der Waals surface area contributed by atoms with Gasteiger partial charge in [0.15, 0.2) is 0 Å². The van der Waals surface area contributed by atoms with Crippen LogP contribution in [0.1, 0.15) is 19.8 Å². The average molecular weight is 277 g/mol. The summed E-state index contributed by atoms with van der Waals surface area (Å²) in [5, 5.41) is 0. The highest BCUT2D eigenvalue weighted by atomic mass is 79.9. The molecule has 1 heterocycles.